The van der Waals surface area contributed by atoms with Crippen LogP contribution in [0.15, 0.2) is 24.3 Å². The van der Waals surface area contributed by atoms with Crippen molar-refractivity contribution in [2.75, 3.05) is 25.6 Å². The molecule has 0 saturated heterocycles. The number of hydrogen-bond acceptors (Lipinski definition) is 4. The lowest BCUT2D eigenvalue weighted by Gasteiger charge is -2.09. The molecule has 0 saturated carbocycles. The van der Waals surface area contributed by atoms with Crippen molar-refractivity contribution in [1.29, 1.82) is 0 Å². The van der Waals surface area contributed by atoms with Gasteiger partial charge in [0.2, 0.25) is 0 Å². The number of nitrogens with one attached hydrogen (secondary N) is 1. The van der Waals surface area contributed by atoms with Crippen molar-refractivity contribution >= 4 is 17.6 Å². The van der Waals surface area contributed by atoms with Crippen molar-refractivity contribution in [3.05, 3.63) is 29.8 Å². The zero-order valence-electron chi connectivity index (χ0n) is 10.5. The molecule has 0 aliphatic heterocycles. The molecule has 0 heterocycles. The van der Waals surface area contributed by atoms with Crippen LogP contribution in [0.1, 0.15) is 5.56 Å². The quantitative estimate of drug-likeness (QED) is 0.841. The van der Waals surface area contributed by atoms with Crippen molar-refractivity contribution < 1.29 is 32.2 Å². The fourth-order valence-electron chi connectivity index (χ4n) is 1.25. The normalized spacial score (nSPS) is 11.0. The number of alkyl halides is 3. The largest absolute Gasteiger partial charge is 0.454 e. The predicted octanol–water partition coefficient (Wildman–Crippen LogP) is 1.83. The van der Waals surface area contributed by atoms with E-state index in [4.69, 9.17) is 0 Å². The number of rotatable bonds is 5. The first-order chi connectivity index (χ1) is 9.32. The first-order valence-electron chi connectivity index (χ1n) is 5.44. The third kappa shape index (κ3) is 5.27. The van der Waals surface area contributed by atoms with Gasteiger partial charge in [-0.15, -0.1) is 0 Å². The lowest BCUT2D eigenvalue weighted by atomic mass is 10.2. The van der Waals surface area contributed by atoms with Crippen LogP contribution in [-0.2, 0) is 25.2 Å². The van der Waals surface area contributed by atoms with E-state index in [0.29, 0.717) is 0 Å². The molecule has 0 unspecified atom stereocenters. The third-order valence-electron chi connectivity index (χ3n) is 2.12. The minimum atomic E-state index is -4.43. The molecule has 0 spiro atoms. The van der Waals surface area contributed by atoms with E-state index in [0.717, 1.165) is 24.3 Å². The van der Waals surface area contributed by atoms with E-state index < -0.39 is 30.2 Å². The number of carbonyl (C=O) groups excluding carboxylic acids is 2. The van der Waals surface area contributed by atoms with Gasteiger partial charge in [0.25, 0.3) is 5.91 Å². The van der Waals surface area contributed by atoms with Crippen LogP contribution in [0.25, 0.3) is 0 Å². The Labute approximate surface area is 112 Å². The van der Waals surface area contributed by atoms with E-state index in [1.807, 2.05) is 0 Å². The van der Waals surface area contributed by atoms with Crippen molar-refractivity contribution in [3.8, 4) is 0 Å². The Hall–Kier alpha value is -2.09. The fourth-order valence-corrected chi connectivity index (χ4v) is 1.25. The number of anilines is 1. The molecule has 1 rings (SSSR count). The summed E-state index contributed by atoms with van der Waals surface area (Å²) >= 11 is 0. The molecule has 20 heavy (non-hydrogen) atoms. The molecular weight excluding hydrogens is 279 g/mol. The van der Waals surface area contributed by atoms with Gasteiger partial charge in [0.1, 0.15) is 6.61 Å². The molecule has 0 fully saturated rings. The Bertz CT molecular complexity index is 471. The average Bonchev–Trinajstić information content (AvgIpc) is 2.36. The molecule has 0 aromatic heterocycles. The Balaban J connectivity index is 2.48. The minimum absolute atomic E-state index is 0.172. The first-order valence-corrected chi connectivity index (χ1v) is 5.44. The zero-order valence-corrected chi connectivity index (χ0v) is 10.5. The molecule has 8 heteroatoms. The molecule has 0 radical (unpaired) electrons. The summed E-state index contributed by atoms with van der Waals surface area (Å²) in [6.45, 7) is -0.823. The highest BCUT2D eigenvalue weighted by atomic mass is 19.4. The molecule has 1 N–H and O–H groups in total. The lowest BCUT2D eigenvalue weighted by Crippen LogP contribution is -2.22. The van der Waals surface area contributed by atoms with Crippen molar-refractivity contribution in [2.45, 2.75) is 6.18 Å². The van der Waals surface area contributed by atoms with Gasteiger partial charge in [0, 0.05) is 12.8 Å². The SMILES string of the molecule is COCC(=O)OCC(=O)Nc1ccc(C(F)(F)F)cc1. The number of benzene rings is 1. The third-order valence-corrected chi connectivity index (χ3v) is 2.12. The Morgan fingerprint density at radius 2 is 1.75 bits per heavy atom. The van der Waals surface area contributed by atoms with Gasteiger partial charge >= 0.3 is 12.1 Å². The molecule has 0 aliphatic rings. The van der Waals surface area contributed by atoms with Gasteiger partial charge in [-0.25, -0.2) is 4.79 Å². The van der Waals surface area contributed by atoms with Gasteiger partial charge in [0.15, 0.2) is 6.61 Å². The summed E-state index contributed by atoms with van der Waals surface area (Å²) in [4.78, 5) is 22.3. The topological polar surface area (TPSA) is 64.6 Å². The van der Waals surface area contributed by atoms with Crippen LogP contribution in [0.5, 0.6) is 0 Å². The summed E-state index contributed by atoms with van der Waals surface area (Å²) in [6.07, 6.45) is -4.43. The molecule has 1 amide bonds. The van der Waals surface area contributed by atoms with E-state index in [-0.39, 0.29) is 12.3 Å². The highest BCUT2D eigenvalue weighted by Crippen LogP contribution is 2.29. The standard InChI is InChI=1S/C12H12F3NO4/c1-19-7-11(18)20-6-10(17)16-9-4-2-8(3-5-9)12(13,14)15/h2-5H,6-7H2,1H3,(H,16,17). The van der Waals surface area contributed by atoms with Crippen LogP contribution in [0, 0.1) is 0 Å². The van der Waals surface area contributed by atoms with Gasteiger partial charge in [-0.1, -0.05) is 0 Å². The number of esters is 1. The van der Waals surface area contributed by atoms with Gasteiger partial charge in [-0.2, -0.15) is 13.2 Å². The molecule has 1 aromatic rings. The maximum absolute atomic E-state index is 12.3. The molecular formula is C12H12F3NO4. The van der Waals surface area contributed by atoms with Gasteiger partial charge in [0.05, 0.1) is 5.56 Å². The lowest BCUT2D eigenvalue weighted by molar-refractivity contribution is -0.150. The minimum Gasteiger partial charge on any atom is -0.454 e. The summed E-state index contributed by atoms with van der Waals surface area (Å²) < 4.78 is 45.9. The van der Waals surface area contributed by atoms with Gasteiger partial charge in [-0.3, -0.25) is 4.79 Å². The van der Waals surface area contributed by atoms with Gasteiger partial charge in [-0.05, 0) is 24.3 Å². The Morgan fingerprint density at radius 3 is 2.25 bits per heavy atom. The number of carbonyl (C=O) groups is 2. The maximum Gasteiger partial charge on any atom is 0.416 e. The van der Waals surface area contributed by atoms with Crippen molar-refractivity contribution in [2.24, 2.45) is 0 Å². The smallest absolute Gasteiger partial charge is 0.416 e. The number of amides is 1. The van der Waals surface area contributed by atoms with E-state index in [1.54, 1.807) is 0 Å². The number of ether oxygens (including phenoxy) is 2. The summed E-state index contributed by atoms with van der Waals surface area (Å²) in [5.74, 6) is -1.37. The van der Waals surface area contributed by atoms with Crippen molar-refractivity contribution in [3.63, 3.8) is 0 Å². The molecule has 1 aromatic carbocycles. The van der Waals surface area contributed by atoms with Crippen LogP contribution in [0.3, 0.4) is 0 Å². The highest BCUT2D eigenvalue weighted by Gasteiger charge is 2.29. The average molecular weight is 291 g/mol. The monoisotopic (exact) mass is 291 g/mol. The van der Waals surface area contributed by atoms with Crippen molar-refractivity contribution in [1.82, 2.24) is 0 Å². The summed E-state index contributed by atoms with van der Waals surface area (Å²) in [5, 5.41) is 2.29. The van der Waals surface area contributed by atoms with Crippen LogP contribution >= 0.6 is 0 Å². The summed E-state index contributed by atoms with van der Waals surface area (Å²) in [7, 11) is 1.30. The zero-order chi connectivity index (χ0) is 15.2. The Morgan fingerprint density at radius 1 is 1.15 bits per heavy atom. The van der Waals surface area contributed by atoms with Crippen LogP contribution in [0.2, 0.25) is 0 Å². The molecule has 110 valence electrons. The summed E-state index contributed by atoms with van der Waals surface area (Å²) in [5.41, 5.74) is -0.646. The molecule has 5 nitrogen and oxygen atoms in total. The molecule has 0 atom stereocenters. The highest BCUT2D eigenvalue weighted by molar-refractivity contribution is 5.92. The second-order valence-electron chi connectivity index (χ2n) is 3.72. The second kappa shape index (κ2) is 6.90. The number of methoxy groups -OCH3 is 1. The van der Waals surface area contributed by atoms with Gasteiger partial charge < -0.3 is 14.8 Å². The predicted molar refractivity (Wildman–Crippen MR) is 62.9 cm³/mol. The van der Waals surface area contributed by atoms with Crippen LogP contribution < -0.4 is 5.32 Å². The van der Waals surface area contributed by atoms with E-state index in [2.05, 4.69) is 14.8 Å². The fraction of sp³-hybridized carbons (Fsp3) is 0.333. The van der Waals surface area contributed by atoms with Crippen LogP contribution in [0.4, 0.5) is 18.9 Å². The van der Waals surface area contributed by atoms with E-state index in [1.165, 1.54) is 7.11 Å². The molecule has 0 bridgehead atoms. The van der Waals surface area contributed by atoms with E-state index in [9.17, 15) is 22.8 Å². The summed E-state index contributed by atoms with van der Waals surface area (Å²) in [6, 6.07) is 3.90. The second-order valence-corrected chi connectivity index (χ2v) is 3.72. The van der Waals surface area contributed by atoms with Crippen LogP contribution in [-0.4, -0.2) is 32.2 Å². The van der Waals surface area contributed by atoms with E-state index >= 15 is 0 Å². The number of halogens is 3. The first kappa shape index (κ1) is 16.0. The maximum atomic E-state index is 12.3. The number of hydrogen-bond donors (Lipinski definition) is 1. The Kier molecular flexibility index (Phi) is 5.51. The molecule has 0 aliphatic carbocycles.